The molecule has 1 N–H and O–H groups in total. The fourth-order valence-corrected chi connectivity index (χ4v) is 1.78. The Labute approximate surface area is 114 Å². The first-order chi connectivity index (χ1) is 9.10. The number of anilines is 1. The van der Waals surface area contributed by atoms with Gasteiger partial charge >= 0.3 is 11.8 Å². The van der Waals surface area contributed by atoms with Gasteiger partial charge in [0.25, 0.3) is 0 Å². The van der Waals surface area contributed by atoms with E-state index in [1.54, 1.807) is 17.2 Å². The summed E-state index contributed by atoms with van der Waals surface area (Å²) in [5.74, 6) is -0.675. The maximum Gasteiger partial charge on any atom is 0.315 e. The summed E-state index contributed by atoms with van der Waals surface area (Å²) in [7, 11) is 0. The molecule has 1 aromatic heterocycles. The second kappa shape index (κ2) is 7.51. The van der Waals surface area contributed by atoms with Crippen LogP contribution in [0.4, 0.5) is 5.82 Å². The van der Waals surface area contributed by atoms with E-state index < -0.39 is 11.8 Å². The van der Waals surface area contributed by atoms with E-state index in [1.165, 1.54) is 0 Å². The van der Waals surface area contributed by atoms with Crippen molar-refractivity contribution >= 4 is 17.6 Å². The van der Waals surface area contributed by atoms with Crippen LogP contribution in [0.15, 0.2) is 18.3 Å². The van der Waals surface area contributed by atoms with Gasteiger partial charge in [0.15, 0.2) is 0 Å². The summed E-state index contributed by atoms with van der Waals surface area (Å²) < 4.78 is 0. The Morgan fingerprint density at radius 3 is 2.42 bits per heavy atom. The molecule has 0 aromatic carbocycles. The topological polar surface area (TPSA) is 62.3 Å². The largest absolute Gasteiger partial charge is 0.334 e. The lowest BCUT2D eigenvalue weighted by Crippen LogP contribution is -2.40. The number of carbonyl (C=O) groups excluding carboxylic acids is 2. The van der Waals surface area contributed by atoms with Crippen LogP contribution in [0.25, 0.3) is 0 Å². The van der Waals surface area contributed by atoms with Crippen molar-refractivity contribution in [1.29, 1.82) is 0 Å². The van der Waals surface area contributed by atoms with Crippen LogP contribution < -0.4 is 5.32 Å². The smallest absolute Gasteiger partial charge is 0.315 e. The summed E-state index contributed by atoms with van der Waals surface area (Å²) in [5, 5.41) is 2.57. The van der Waals surface area contributed by atoms with Crippen molar-refractivity contribution in [3.63, 3.8) is 0 Å². The highest BCUT2D eigenvalue weighted by Crippen LogP contribution is 2.09. The molecule has 0 spiro atoms. The van der Waals surface area contributed by atoms with E-state index in [9.17, 15) is 9.59 Å². The fourth-order valence-electron chi connectivity index (χ4n) is 1.78. The number of nitrogens with zero attached hydrogens (tertiary/aromatic N) is 2. The Kier molecular flexibility index (Phi) is 5.99. The van der Waals surface area contributed by atoms with Crippen molar-refractivity contribution in [2.24, 2.45) is 0 Å². The zero-order chi connectivity index (χ0) is 14.3. The van der Waals surface area contributed by atoms with E-state index >= 15 is 0 Å². The molecule has 0 bridgehead atoms. The van der Waals surface area contributed by atoms with Crippen LogP contribution in [0.2, 0.25) is 0 Å². The third-order valence-electron chi connectivity index (χ3n) is 2.71. The molecule has 0 aliphatic rings. The number of carbonyl (C=O) groups is 2. The minimum Gasteiger partial charge on any atom is -0.334 e. The van der Waals surface area contributed by atoms with Crippen LogP contribution in [0.3, 0.4) is 0 Å². The molecule has 0 atom stereocenters. The summed E-state index contributed by atoms with van der Waals surface area (Å²) in [6, 6.07) is 3.62. The summed E-state index contributed by atoms with van der Waals surface area (Å²) in [5.41, 5.74) is 0.834. The molecule has 2 amide bonds. The van der Waals surface area contributed by atoms with Crippen molar-refractivity contribution in [2.75, 3.05) is 18.4 Å². The standard InChI is InChI=1S/C14H21N3O2/c1-4-9-17(10-5-2)14(19)13(18)16-12-11(3)7-6-8-15-12/h6-8H,4-5,9-10H2,1-3H3,(H,15,16,18). The number of nitrogens with one attached hydrogen (secondary N) is 1. The number of aromatic nitrogens is 1. The van der Waals surface area contributed by atoms with E-state index in [4.69, 9.17) is 0 Å². The predicted octanol–water partition coefficient (Wildman–Crippen LogP) is 1.98. The average molecular weight is 263 g/mol. The maximum absolute atomic E-state index is 12.0. The molecule has 5 nitrogen and oxygen atoms in total. The Bertz CT molecular complexity index is 440. The Hall–Kier alpha value is -1.91. The molecule has 0 radical (unpaired) electrons. The van der Waals surface area contributed by atoms with Gasteiger partial charge in [0, 0.05) is 19.3 Å². The zero-order valence-electron chi connectivity index (χ0n) is 11.8. The van der Waals surface area contributed by atoms with Crippen LogP contribution >= 0.6 is 0 Å². The second-order valence-corrected chi connectivity index (χ2v) is 4.42. The van der Waals surface area contributed by atoms with Crippen LogP contribution in [-0.4, -0.2) is 34.8 Å². The predicted molar refractivity (Wildman–Crippen MR) is 74.8 cm³/mol. The molecule has 0 unspecified atom stereocenters. The first-order valence-corrected chi connectivity index (χ1v) is 6.62. The van der Waals surface area contributed by atoms with Gasteiger partial charge in [0.05, 0.1) is 0 Å². The van der Waals surface area contributed by atoms with Crippen molar-refractivity contribution in [1.82, 2.24) is 9.88 Å². The van der Waals surface area contributed by atoms with E-state index in [0.717, 1.165) is 18.4 Å². The van der Waals surface area contributed by atoms with Crippen molar-refractivity contribution in [3.8, 4) is 0 Å². The minimum absolute atomic E-state index is 0.439. The molecule has 104 valence electrons. The molecule has 1 rings (SSSR count). The molecule has 19 heavy (non-hydrogen) atoms. The molecule has 1 aromatic rings. The highest BCUT2D eigenvalue weighted by molar-refractivity contribution is 6.39. The van der Waals surface area contributed by atoms with E-state index in [1.807, 2.05) is 26.8 Å². The van der Waals surface area contributed by atoms with Crippen molar-refractivity contribution in [3.05, 3.63) is 23.9 Å². The van der Waals surface area contributed by atoms with Crippen LogP contribution in [0.1, 0.15) is 32.3 Å². The molecule has 0 saturated heterocycles. The van der Waals surface area contributed by atoms with Gasteiger partial charge in [-0.25, -0.2) is 4.98 Å². The Morgan fingerprint density at radius 1 is 1.26 bits per heavy atom. The molecule has 0 aliphatic heterocycles. The summed E-state index contributed by atoms with van der Waals surface area (Å²) in [6.45, 7) is 7.00. The van der Waals surface area contributed by atoms with E-state index in [0.29, 0.717) is 18.9 Å². The van der Waals surface area contributed by atoms with Gasteiger partial charge in [-0.15, -0.1) is 0 Å². The maximum atomic E-state index is 12.0. The molecule has 0 aliphatic carbocycles. The van der Waals surface area contributed by atoms with Crippen LogP contribution in [0, 0.1) is 6.92 Å². The van der Waals surface area contributed by atoms with Gasteiger partial charge in [-0.05, 0) is 31.4 Å². The minimum atomic E-state index is -0.622. The number of rotatable bonds is 5. The molecular formula is C14H21N3O2. The summed E-state index contributed by atoms with van der Waals surface area (Å²) in [4.78, 5) is 29.6. The van der Waals surface area contributed by atoms with E-state index in [2.05, 4.69) is 10.3 Å². The Morgan fingerprint density at radius 2 is 1.89 bits per heavy atom. The van der Waals surface area contributed by atoms with Gasteiger partial charge < -0.3 is 10.2 Å². The number of pyridine rings is 1. The molecule has 1 heterocycles. The van der Waals surface area contributed by atoms with Gasteiger partial charge in [-0.2, -0.15) is 0 Å². The first kappa shape index (κ1) is 15.1. The monoisotopic (exact) mass is 263 g/mol. The zero-order valence-corrected chi connectivity index (χ0v) is 11.8. The number of amides is 2. The van der Waals surface area contributed by atoms with Gasteiger partial charge in [0.1, 0.15) is 5.82 Å². The highest BCUT2D eigenvalue weighted by Gasteiger charge is 2.21. The quantitative estimate of drug-likeness (QED) is 0.826. The van der Waals surface area contributed by atoms with Crippen LogP contribution in [-0.2, 0) is 9.59 Å². The van der Waals surface area contributed by atoms with Gasteiger partial charge in [-0.1, -0.05) is 19.9 Å². The van der Waals surface area contributed by atoms with Gasteiger partial charge in [-0.3, -0.25) is 9.59 Å². The lowest BCUT2D eigenvalue weighted by atomic mass is 10.3. The number of aryl methyl sites for hydroxylation is 1. The molecular weight excluding hydrogens is 242 g/mol. The summed E-state index contributed by atoms with van der Waals surface area (Å²) in [6.07, 6.45) is 3.26. The Balaban J connectivity index is 2.71. The van der Waals surface area contributed by atoms with E-state index in [-0.39, 0.29) is 0 Å². The lowest BCUT2D eigenvalue weighted by molar-refractivity contribution is -0.143. The van der Waals surface area contributed by atoms with Crippen molar-refractivity contribution in [2.45, 2.75) is 33.6 Å². The van der Waals surface area contributed by atoms with Crippen molar-refractivity contribution < 1.29 is 9.59 Å². The first-order valence-electron chi connectivity index (χ1n) is 6.62. The SMILES string of the molecule is CCCN(CCC)C(=O)C(=O)Nc1ncccc1C. The van der Waals surface area contributed by atoms with Gasteiger partial charge in [0.2, 0.25) is 0 Å². The van der Waals surface area contributed by atoms with Crippen LogP contribution in [0.5, 0.6) is 0 Å². The molecule has 0 fully saturated rings. The lowest BCUT2D eigenvalue weighted by Gasteiger charge is -2.20. The normalized spacial score (nSPS) is 10.1. The third-order valence-corrected chi connectivity index (χ3v) is 2.71. The molecule has 0 saturated carbocycles. The second-order valence-electron chi connectivity index (χ2n) is 4.42. The number of hydrogen-bond donors (Lipinski definition) is 1. The molecule has 5 heteroatoms. The number of hydrogen-bond acceptors (Lipinski definition) is 3. The highest BCUT2D eigenvalue weighted by atomic mass is 16.2. The fraction of sp³-hybridized carbons (Fsp3) is 0.500. The third kappa shape index (κ3) is 4.35. The summed E-state index contributed by atoms with van der Waals surface area (Å²) >= 11 is 0. The average Bonchev–Trinajstić information content (AvgIpc) is 2.40.